The average molecular weight is 388 g/mol. The number of rotatable bonds is 6. The van der Waals surface area contributed by atoms with Gasteiger partial charge in [-0.2, -0.15) is 5.26 Å². The van der Waals surface area contributed by atoms with Crippen molar-refractivity contribution < 1.29 is 9.53 Å². The van der Waals surface area contributed by atoms with Crippen molar-refractivity contribution in [3.8, 4) is 11.8 Å². The fourth-order valence-corrected chi connectivity index (χ4v) is 2.70. The number of halogens is 1. The van der Waals surface area contributed by atoms with Gasteiger partial charge >= 0.3 is 0 Å². The van der Waals surface area contributed by atoms with E-state index in [1.165, 1.54) is 0 Å². The van der Waals surface area contributed by atoms with E-state index in [0.717, 1.165) is 15.8 Å². The molecule has 0 bridgehead atoms. The summed E-state index contributed by atoms with van der Waals surface area (Å²) in [6.45, 7) is 0.832. The Hall–Kier alpha value is -2.36. The fraction of sp³-hybridized carbons (Fsp3) is 0.222. The van der Waals surface area contributed by atoms with Crippen LogP contribution in [0.2, 0.25) is 0 Å². The van der Waals surface area contributed by atoms with Crippen LogP contribution in [0.15, 0.2) is 46.9 Å². The van der Waals surface area contributed by atoms with E-state index in [2.05, 4.69) is 21.2 Å². The first kappa shape index (κ1) is 18.0. The highest BCUT2D eigenvalue weighted by Crippen LogP contribution is 2.24. The van der Waals surface area contributed by atoms with Crippen LogP contribution in [0.4, 0.5) is 5.69 Å². The summed E-state index contributed by atoms with van der Waals surface area (Å²) in [6.07, 6.45) is 0. The Bertz CT molecular complexity index is 754. The van der Waals surface area contributed by atoms with E-state index in [1.807, 2.05) is 36.2 Å². The molecule has 0 aliphatic heterocycles. The van der Waals surface area contributed by atoms with Crippen LogP contribution in [-0.2, 0) is 11.3 Å². The second kappa shape index (κ2) is 8.48. The predicted molar refractivity (Wildman–Crippen MR) is 96.8 cm³/mol. The molecule has 0 unspecified atom stereocenters. The number of nitrogens with one attached hydrogen (secondary N) is 1. The Morgan fingerprint density at radius 1 is 1.29 bits per heavy atom. The smallest absolute Gasteiger partial charge is 0.238 e. The molecule has 0 saturated heterocycles. The van der Waals surface area contributed by atoms with Crippen molar-refractivity contribution in [2.45, 2.75) is 6.54 Å². The number of hydrogen-bond acceptors (Lipinski definition) is 4. The molecule has 0 atom stereocenters. The van der Waals surface area contributed by atoms with Crippen LogP contribution in [-0.4, -0.2) is 31.5 Å². The first-order valence-electron chi connectivity index (χ1n) is 7.33. The summed E-state index contributed by atoms with van der Waals surface area (Å²) in [5.74, 6) is 0.675. The Balaban J connectivity index is 1.94. The number of nitrogens with zero attached hydrogens (tertiary/aromatic N) is 2. The van der Waals surface area contributed by atoms with Gasteiger partial charge in [-0.25, -0.2) is 0 Å². The molecule has 0 heterocycles. The maximum Gasteiger partial charge on any atom is 0.238 e. The summed E-state index contributed by atoms with van der Waals surface area (Å²) in [7, 11) is 3.50. The van der Waals surface area contributed by atoms with Gasteiger partial charge in [0.15, 0.2) is 0 Å². The molecule has 0 aromatic heterocycles. The standard InChI is InChI=1S/C18H18BrN3O2/c1-22(11-14-9-15(19)5-8-17(14)24-2)12-18(23)21-16-6-3-13(10-20)4-7-16/h3-9H,11-12H2,1-2H3,(H,21,23). The van der Waals surface area contributed by atoms with Crippen LogP contribution in [0.5, 0.6) is 5.75 Å². The van der Waals surface area contributed by atoms with E-state index in [1.54, 1.807) is 31.4 Å². The zero-order valence-electron chi connectivity index (χ0n) is 13.5. The highest BCUT2D eigenvalue weighted by atomic mass is 79.9. The number of hydrogen-bond donors (Lipinski definition) is 1. The van der Waals surface area contributed by atoms with Gasteiger partial charge in [-0.05, 0) is 49.5 Å². The lowest BCUT2D eigenvalue weighted by atomic mass is 10.2. The molecule has 0 aliphatic carbocycles. The molecular formula is C18H18BrN3O2. The van der Waals surface area contributed by atoms with Crippen molar-refractivity contribution in [2.75, 3.05) is 26.0 Å². The third-order valence-corrected chi connectivity index (χ3v) is 3.89. The molecule has 24 heavy (non-hydrogen) atoms. The van der Waals surface area contributed by atoms with E-state index in [0.29, 0.717) is 17.8 Å². The molecule has 0 radical (unpaired) electrons. The molecule has 1 amide bonds. The van der Waals surface area contributed by atoms with E-state index in [4.69, 9.17) is 10.00 Å². The topological polar surface area (TPSA) is 65.4 Å². The minimum Gasteiger partial charge on any atom is -0.496 e. The van der Waals surface area contributed by atoms with Gasteiger partial charge in [-0.3, -0.25) is 9.69 Å². The van der Waals surface area contributed by atoms with Crippen LogP contribution in [0.1, 0.15) is 11.1 Å². The van der Waals surface area contributed by atoms with Crippen molar-refractivity contribution >= 4 is 27.5 Å². The fourth-order valence-electron chi connectivity index (χ4n) is 2.29. The van der Waals surface area contributed by atoms with Crippen LogP contribution >= 0.6 is 15.9 Å². The van der Waals surface area contributed by atoms with Crippen molar-refractivity contribution in [1.29, 1.82) is 5.26 Å². The number of anilines is 1. The Labute approximate surface area is 150 Å². The monoisotopic (exact) mass is 387 g/mol. The average Bonchev–Trinajstić information content (AvgIpc) is 2.55. The number of methoxy groups -OCH3 is 1. The molecule has 0 fully saturated rings. The van der Waals surface area contributed by atoms with Crippen molar-refractivity contribution in [2.24, 2.45) is 0 Å². The second-order valence-electron chi connectivity index (χ2n) is 5.37. The van der Waals surface area contributed by atoms with Crippen LogP contribution < -0.4 is 10.1 Å². The number of carbonyl (C=O) groups excluding carboxylic acids is 1. The van der Waals surface area contributed by atoms with E-state index < -0.39 is 0 Å². The SMILES string of the molecule is COc1ccc(Br)cc1CN(C)CC(=O)Nc1ccc(C#N)cc1. The van der Waals surface area contributed by atoms with Crippen molar-refractivity contribution in [1.82, 2.24) is 4.90 Å². The Kier molecular flexibility index (Phi) is 6.36. The van der Waals surface area contributed by atoms with Crippen LogP contribution in [0.25, 0.3) is 0 Å². The van der Waals surface area contributed by atoms with Gasteiger partial charge in [-0.15, -0.1) is 0 Å². The van der Waals surface area contributed by atoms with Gasteiger partial charge in [0.05, 0.1) is 25.3 Å². The summed E-state index contributed by atoms with van der Waals surface area (Å²) in [5, 5.41) is 11.6. The molecule has 124 valence electrons. The number of amides is 1. The molecule has 5 nitrogen and oxygen atoms in total. The highest BCUT2D eigenvalue weighted by molar-refractivity contribution is 9.10. The van der Waals surface area contributed by atoms with Gasteiger partial charge in [0.1, 0.15) is 5.75 Å². The molecule has 2 aromatic carbocycles. The lowest BCUT2D eigenvalue weighted by molar-refractivity contribution is -0.117. The molecule has 2 rings (SSSR count). The Morgan fingerprint density at radius 3 is 2.62 bits per heavy atom. The van der Waals surface area contributed by atoms with Gasteiger partial charge in [0.25, 0.3) is 0 Å². The van der Waals surface area contributed by atoms with E-state index in [9.17, 15) is 4.79 Å². The minimum absolute atomic E-state index is 0.115. The summed E-state index contributed by atoms with van der Waals surface area (Å²) >= 11 is 3.45. The maximum atomic E-state index is 12.1. The third kappa shape index (κ3) is 5.08. The first-order valence-corrected chi connectivity index (χ1v) is 8.12. The molecule has 0 aliphatic rings. The number of benzene rings is 2. The van der Waals surface area contributed by atoms with Crippen LogP contribution in [0.3, 0.4) is 0 Å². The summed E-state index contributed by atoms with van der Waals surface area (Å²) < 4.78 is 6.32. The van der Waals surface area contributed by atoms with Gasteiger partial charge in [0.2, 0.25) is 5.91 Å². The summed E-state index contributed by atoms with van der Waals surface area (Å²) in [6, 6.07) is 14.6. The summed E-state index contributed by atoms with van der Waals surface area (Å²) in [4.78, 5) is 14.0. The normalized spacial score (nSPS) is 10.3. The number of carbonyl (C=O) groups is 1. The van der Waals surface area contributed by atoms with E-state index >= 15 is 0 Å². The Morgan fingerprint density at radius 2 is 2.00 bits per heavy atom. The highest BCUT2D eigenvalue weighted by Gasteiger charge is 2.11. The molecule has 0 spiro atoms. The molecule has 0 saturated carbocycles. The maximum absolute atomic E-state index is 12.1. The van der Waals surface area contributed by atoms with Crippen molar-refractivity contribution in [3.05, 3.63) is 58.1 Å². The largest absolute Gasteiger partial charge is 0.496 e. The molecule has 6 heteroatoms. The molecular weight excluding hydrogens is 370 g/mol. The first-order chi connectivity index (χ1) is 11.5. The third-order valence-electron chi connectivity index (χ3n) is 3.39. The van der Waals surface area contributed by atoms with Crippen molar-refractivity contribution in [3.63, 3.8) is 0 Å². The zero-order chi connectivity index (χ0) is 17.5. The minimum atomic E-state index is -0.115. The lowest BCUT2D eigenvalue weighted by Crippen LogP contribution is -2.30. The quantitative estimate of drug-likeness (QED) is 0.824. The van der Waals surface area contributed by atoms with Crippen LogP contribution in [0, 0.1) is 11.3 Å². The number of ether oxygens (including phenoxy) is 1. The zero-order valence-corrected chi connectivity index (χ0v) is 15.1. The summed E-state index contributed by atoms with van der Waals surface area (Å²) in [5.41, 5.74) is 2.24. The molecule has 1 N–H and O–H groups in total. The lowest BCUT2D eigenvalue weighted by Gasteiger charge is -2.18. The van der Waals surface area contributed by atoms with Gasteiger partial charge in [0, 0.05) is 22.3 Å². The predicted octanol–water partition coefficient (Wildman–Crippen LogP) is 3.40. The molecule has 2 aromatic rings. The van der Waals surface area contributed by atoms with E-state index in [-0.39, 0.29) is 12.5 Å². The number of nitriles is 1. The van der Waals surface area contributed by atoms with Gasteiger partial charge < -0.3 is 10.1 Å². The second-order valence-corrected chi connectivity index (χ2v) is 6.28. The van der Waals surface area contributed by atoms with Gasteiger partial charge in [-0.1, -0.05) is 15.9 Å². The number of likely N-dealkylation sites (N-methyl/N-ethyl adjacent to an activating group) is 1.